The molecule has 0 amide bonds. The first-order valence-electron chi connectivity index (χ1n) is 7.12. The third-order valence-electron chi connectivity index (χ3n) is 2.86. The van der Waals surface area contributed by atoms with Gasteiger partial charge in [-0.3, -0.25) is 0 Å². The van der Waals surface area contributed by atoms with Gasteiger partial charge in [0.05, 0.1) is 12.2 Å². The SMILES string of the molecule is CC(C)CNCc1cn(CCOc2ccccc2F)nn1. The third kappa shape index (κ3) is 5.15. The van der Waals surface area contributed by atoms with Crippen molar-refractivity contribution in [2.45, 2.75) is 26.9 Å². The molecule has 0 saturated carbocycles. The van der Waals surface area contributed by atoms with Crippen LogP contribution >= 0.6 is 0 Å². The Morgan fingerprint density at radius 1 is 1.33 bits per heavy atom. The molecule has 1 aromatic carbocycles. The molecule has 0 aliphatic rings. The van der Waals surface area contributed by atoms with Crippen LogP contribution in [0.25, 0.3) is 0 Å². The molecule has 5 nitrogen and oxygen atoms in total. The molecule has 0 spiro atoms. The molecule has 1 N–H and O–H groups in total. The fourth-order valence-electron chi connectivity index (χ4n) is 1.83. The molecule has 21 heavy (non-hydrogen) atoms. The van der Waals surface area contributed by atoms with E-state index < -0.39 is 0 Å². The Morgan fingerprint density at radius 2 is 2.14 bits per heavy atom. The van der Waals surface area contributed by atoms with Crippen LogP contribution in [0.2, 0.25) is 0 Å². The van der Waals surface area contributed by atoms with E-state index in [2.05, 4.69) is 29.5 Å². The number of benzene rings is 1. The van der Waals surface area contributed by atoms with Crippen LogP contribution in [0, 0.1) is 11.7 Å². The Bertz CT molecular complexity index is 556. The zero-order valence-corrected chi connectivity index (χ0v) is 12.4. The largest absolute Gasteiger partial charge is 0.489 e. The second-order valence-corrected chi connectivity index (χ2v) is 5.28. The molecular formula is C15H21FN4O. The van der Waals surface area contributed by atoms with Crippen molar-refractivity contribution in [3.05, 3.63) is 42.0 Å². The first-order chi connectivity index (χ1) is 10.1. The van der Waals surface area contributed by atoms with E-state index in [4.69, 9.17) is 4.74 Å². The maximum Gasteiger partial charge on any atom is 0.165 e. The summed E-state index contributed by atoms with van der Waals surface area (Å²) in [5, 5.41) is 11.4. The van der Waals surface area contributed by atoms with Crippen molar-refractivity contribution in [3.8, 4) is 5.75 Å². The highest BCUT2D eigenvalue weighted by atomic mass is 19.1. The summed E-state index contributed by atoms with van der Waals surface area (Å²) in [4.78, 5) is 0. The average molecular weight is 292 g/mol. The van der Waals surface area contributed by atoms with E-state index >= 15 is 0 Å². The molecule has 1 heterocycles. The summed E-state index contributed by atoms with van der Waals surface area (Å²) in [7, 11) is 0. The lowest BCUT2D eigenvalue weighted by Gasteiger charge is -2.06. The summed E-state index contributed by atoms with van der Waals surface area (Å²) in [5.74, 6) is 0.514. The van der Waals surface area contributed by atoms with Gasteiger partial charge in [-0.2, -0.15) is 0 Å². The number of hydrogen-bond donors (Lipinski definition) is 1. The van der Waals surface area contributed by atoms with Crippen molar-refractivity contribution in [1.29, 1.82) is 0 Å². The first-order valence-corrected chi connectivity index (χ1v) is 7.12. The fourth-order valence-corrected chi connectivity index (χ4v) is 1.83. The summed E-state index contributed by atoms with van der Waals surface area (Å²) in [6.07, 6.45) is 1.87. The van der Waals surface area contributed by atoms with Crippen LogP contribution < -0.4 is 10.1 Å². The van der Waals surface area contributed by atoms with Crippen molar-refractivity contribution < 1.29 is 9.13 Å². The lowest BCUT2D eigenvalue weighted by atomic mass is 10.2. The predicted molar refractivity (Wildman–Crippen MR) is 78.5 cm³/mol. The zero-order valence-electron chi connectivity index (χ0n) is 12.4. The smallest absolute Gasteiger partial charge is 0.165 e. The van der Waals surface area contributed by atoms with Crippen LogP contribution in [0.3, 0.4) is 0 Å². The van der Waals surface area contributed by atoms with Crippen LogP contribution in [0.15, 0.2) is 30.5 Å². The Morgan fingerprint density at radius 3 is 2.90 bits per heavy atom. The molecule has 114 valence electrons. The number of ether oxygens (including phenoxy) is 1. The molecule has 0 atom stereocenters. The monoisotopic (exact) mass is 292 g/mol. The second-order valence-electron chi connectivity index (χ2n) is 5.28. The van der Waals surface area contributed by atoms with Crippen molar-refractivity contribution in [2.75, 3.05) is 13.2 Å². The van der Waals surface area contributed by atoms with Crippen LogP contribution in [0.1, 0.15) is 19.5 Å². The van der Waals surface area contributed by atoms with Crippen molar-refractivity contribution in [3.63, 3.8) is 0 Å². The van der Waals surface area contributed by atoms with Crippen LogP contribution in [-0.2, 0) is 13.1 Å². The summed E-state index contributed by atoms with van der Waals surface area (Å²) in [6.45, 7) is 6.85. The van der Waals surface area contributed by atoms with E-state index in [1.807, 2.05) is 6.20 Å². The maximum absolute atomic E-state index is 13.4. The molecule has 0 fully saturated rings. The number of hydrogen-bond acceptors (Lipinski definition) is 4. The van der Waals surface area contributed by atoms with Crippen molar-refractivity contribution in [2.24, 2.45) is 5.92 Å². The third-order valence-corrected chi connectivity index (χ3v) is 2.86. The minimum atomic E-state index is -0.352. The topological polar surface area (TPSA) is 52.0 Å². The van der Waals surface area contributed by atoms with Gasteiger partial charge in [0.2, 0.25) is 0 Å². The van der Waals surface area contributed by atoms with Gasteiger partial charge in [0.25, 0.3) is 0 Å². The molecule has 2 aromatic rings. The molecule has 6 heteroatoms. The lowest BCUT2D eigenvalue weighted by molar-refractivity contribution is 0.277. The van der Waals surface area contributed by atoms with Gasteiger partial charge in [-0.1, -0.05) is 31.2 Å². The quantitative estimate of drug-likeness (QED) is 0.810. The van der Waals surface area contributed by atoms with Gasteiger partial charge in [0, 0.05) is 12.7 Å². The first kappa shape index (κ1) is 15.4. The van der Waals surface area contributed by atoms with Gasteiger partial charge in [-0.25, -0.2) is 9.07 Å². The fraction of sp³-hybridized carbons (Fsp3) is 0.467. The normalized spacial score (nSPS) is 11.0. The molecule has 0 aliphatic carbocycles. The zero-order chi connectivity index (χ0) is 15.1. The van der Waals surface area contributed by atoms with Crippen LogP contribution in [0.5, 0.6) is 5.75 Å². The van der Waals surface area contributed by atoms with Gasteiger partial charge >= 0.3 is 0 Å². The number of para-hydroxylation sites is 1. The van der Waals surface area contributed by atoms with Gasteiger partial charge < -0.3 is 10.1 Å². The maximum atomic E-state index is 13.4. The summed E-state index contributed by atoms with van der Waals surface area (Å²) >= 11 is 0. The number of aromatic nitrogens is 3. The molecule has 0 unspecified atom stereocenters. The Labute approximate surface area is 124 Å². The standard InChI is InChI=1S/C15H21FN4O/c1-12(2)9-17-10-13-11-20(19-18-13)7-8-21-15-6-4-3-5-14(15)16/h3-6,11-12,17H,7-10H2,1-2H3. The Kier molecular flexibility index (Phi) is 5.68. The summed E-state index contributed by atoms with van der Waals surface area (Å²) in [5.41, 5.74) is 0.890. The summed E-state index contributed by atoms with van der Waals surface area (Å²) in [6, 6.07) is 6.36. The summed E-state index contributed by atoms with van der Waals surface area (Å²) < 4.78 is 20.4. The average Bonchev–Trinajstić information content (AvgIpc) is 2.88. The van der Waals surface area contributed by atoms with Gasteiger partial charge in [0.15, 0.2) is 11.6 Å². The second kappa shape index (κ2) is 7.73. The van der Waals surface area contributed by atoms with Crippen molar-refractivity contribution >= 4 is 0 Å². The Balaban J connectivity index is 1.74. The molecular weight excluding hydrogens is 271 g/mol. The molecule has 0 bridgehead atoms. The highest BCUT2D eigenvalue weighted by molar-refractivity contribution is 5.23. The predicted octanol–water partition coefficient (Wildman–Crippen LogP) is 2.24. The molecule has 0 radical (unpaired) electrons. The van der Waals surface area contributed by atoms with E-state index in [0.29, 0.717) is 25.6 Å². The van der Waals surface area contributed by atoms with Crippen LogP contribution in [-0.4, -0.2) is 28.1 Å². The minimum absolute atomic E-state index is 0.261. The van der Waals surface area contributed by atoms with Crippen molar-refractivity contribution in [1.82, 2.24) is 20.3 Å². The van der Waals surface area contributed by atoms with E-state index in [1.165, 1.54) is 6.07 Å². The van der Waals surface area contributed by atoms with Gasteiger partial charge in [-0.15, -0.1) is 5.10 Å². The molecule has 2 rings (SSSR count). The van der Waals surface area contributed by atoms with Gasteiger partial charge in [-0.05, 0) is 24.6 Å². The van der Waals surface area contributed by atoms with E-state index in [1.54, 1.807) is 22.9 Å². The van der Waals surface area contributed by atoms with Gasteiger partial charge in [0.1, 0.15) is 6.61 Å². The number of rotatable bonds is 8. The van der Waals surface area contributed by atoms with E-state index in [-0.39, 0.29) is 11.6 Å². The highest BCUT2D eigenvalue weighted by Crippen LogP contribution is 2.15. The molecule has 0 saturated heterocycles. The Hall–Kier alpha value is -1.95. The van der Waals surface area contributed by atoms with E-state index in [0.717, 1.165) is 12.2 Å². The number of nitrogens with one attached hydrogen (secondary N) is 1. The lowest BCUT2D eigenvalue weighted by Crippen LogP contribution is -2.19. The molecule has 0 aliphatic heterocycles. The van der Waals surface area contributed by atoms with Crippen LogP contribution in [0.4, 0.5) is 4.39 Å². The number of nitrogens with zero attached hydrogens (tertiary/aromatic N) is 3. The molecule has 1 aromatic heterocycles. The highest BCUT2D eigenvalue weighted by Gasteiger charge is 2.03. The number of halogens is 1. The van der Waals surface area contributed by atoms with E-state index in [9.17, 15) is 4.39 Å². The minimum Gasteiger partial charge on any atom is -0.489 e.